The van der Waals surface area contributed by atoms with Gasteiger partial charge in [0.05, 0.1) is 0 Å². The summed E-state index contributed by atoms with van der Waals surface area (Å²) in [6.45, 7) is 6.04. The number of hydrogen-bond acceptors (Lipinski definition) is 3. The molecule has 108 valence electrons. The van der Waals surface area contributed by atoms with Crippen LogP contribution in [0.5, 0.6) is 0 Å². The first-order chi connectivity index (χ1) is 8.61. The van der Waals surface area contributed by atoms with E-state index in [1.807, 2.05) is 0 Å². The minimum absolute atomic E-state index is 0.140. The van der Waals surface area contributed by atoms with Crippen molar-refractivity contribution in [2.45, 2.75) is 52.4 Å². The Morgan fingerprint density at radius 1 is 1.22 bits per heavy atom. The summed E-state index contributed by atoms with van der Waals surface area (Å²) >= 11 is 0. The second-order valence-electron chi connectivity index (χ2n) is 5.25. The molecule has 0 fully saturated rings. The van der Waals surface area contributed by atoms with E-state index in [2.05, 4.69) is 19.2 Å². The standard InChI is InChI=1S/C14H30N2O2/c1-12(2)13(8-9-15)6-7-14(18)16-10-4-3-5-11-17/h12-13,17H,3-11,15H2,1-2H3,(H,16,18). The molecule has 0 aliphatic rings. The molecule has 0 saturated carbocycles. The number of aliphatic hydroxyl groups excluding tert-OH is 1. The molecule has 0 aliphatic carbocycles. The predicted molar refractivity (Wildman–Crippen MR) is 75.2 cm³/mol. The smallest absolute Gasteiger partial charge is 0.220 e. The highest BCUT2D eigenvalue weighted by molar-refractivity contribution is 5.75. The summed E-state index contributed by atoms with van der Waals surface area (Å²) < 4.78 is 0. The zero-order valence-electron chi connectivity index (χ0n) is 12.0. The van der Waals surface area contributed by atoms with Gasteiger partial charge in [-0.15, -0.1) is 0 Å². The lowest BCUT2D eigenvalue weighted by Crippen LogP contribution is -2.25. The monoisotopic (exact) mass is 258 g/mol. The Bertz CT molecular complexity index is 208. The van der Waals surface area contributed by atoms with Gasteiger partial charge < -0.3 is 16.2 Å². The molecule has 0 rings (SSSR count). The summed E-state index contributed by atoms with van der Waals surface area (Å²) in [5.74, 6) is 1.28. The van der Waals surface area contributed by atoms with E-state index in [9.17, 15) is 4.79 Å². The number of unbranched alkanes of at least 4 members (excludes halogenated alkanes) is 2. The van der Waals surface area contributed by atoms with Gasteiger partial charge in [0.1, 0.15) is 0 Å². The van der Waals surface area contributed by atoms with Gasteiger partial charge in [-0.3, -0.25) is 4.79 Å². The van der Waals surface area contributed by atoms with Crippen molar-refractivity contribution in [3.63, 3.8) is 0 Å². The zero-order valence-corrected chi connectivity index (χ0v) is 12.0. The second-order valence-corrected chi connectivity index (χ2v) is 5.25. The molecule has 4 nitrogen and oxygen atoms in total. The maximum Gasteiger partial charge on any atom is 0.220 e. The van der Waals surface area contributed by atoms with Crippen LogP contribution in [0.4, 0.5) is 0 Å². The lowest BCUT2D eigenvalue weighted by Gasteiger charge is -2.19. The van der Waals surface area contributed by atoms with E-state index in [0.717, 1.165) is 38.6 Å². The summed E-state index contributed by atoms with van der Waals surface area (Å²) in [5.41, 5.74) is 5.58. The van der Waals surface area contributed by atoms with Crippen LogP contribution in [0.15, 0.2) is 0 Å². The Kier molecular flexibility index (Phi) is 11.1. The number of nitrogens with one attached hydrogen (secondary N) is 1. The minimum Gasteiger partial charge on any atom is -0.396 e. The van der Waals surface area contributed by atoms with Crippen LogP contribution in [0.1, 0.15) is 52.4 Å². The molecule has 1 amide bonds. The van der Waals surface area contributed by atoms with E-state index < -0.39 is 0 Å². The molecular weight excluding hydrogens is 228 g/mol. The molecule has 0 aromatic heterocycles. The largest absolute Gasteiger partial charge is 0.396 e. The van der Waals surface area contributed by atoms with Gasteiger partial charge in [-0.1, -0.05) is 13.8 Å². The van der Waals surface area contributed by atoms with E-state index in [1.165, 1.54) is 0 Å². The third-order valence-electron chi connectivity index (χ3n) is 3.38. The van der Waals surface area contributed by atoms with Crippen LogP contribution in [0.2, 0.25) is 0 Å². The van der Waals surface area contributed by atoms with Gasteiger partial charge in [-0.05, 0) is 50.5 Å². The van der Waals surface area contributed by atoms with Crippen LogP contribution in [0.3, 0.4) is 0 Å². The highest BCUT2D eigenvalue weighted by Gasteiger charge is 2.14. The molecule has 0 aromatic carbocycles. The van der Waals surface area contributed by atoms with Crippen molar-refractivity contribution in [3.05, 3.63) is 0 Å². The number of amides is 1. The zero-order chi connectivity index (χ0) is 13.8. The van der Waals surface area contributed by atoms with Crippen molar-refractivity contribution in [2.75, 3.05) is 19.7 Å². The van der Waals surface area contributed by atoms with Crippen LogP contribution >= 0.6 is 0 Å². The van der Waals surface area contributed by atoms with Crippen LogP contribution in [-0.2, 0) is 4.79 Å². The average Bonchev–Trinajstić information content (AvgIpc) is 2.33. The first-order valence-corrected chi connectivity index (χ1v) is 7.19. The fourth-order valence-corrected chi connectivity index (χ4v) is 2.07. The number of carbonyl (C=O) groups excluding carboxylic acids is 1. The van der Waals surface area contributed by atoms with Crippen molar-refractivity contribution in [1.82, 2.24) is 5.32 Å². The topological polar surface area (TPSA) is 75.4 Å². The van der Waals surface area contributed by atoms with E-state index >= 15 is 0 Å². The van der Waals surface area contributed by atoms with E-state index in [0.29, 0.717) is 24.8 Å². The van der Waals surface area contributed by atoms with Crippen molar-refractivity contribution in [3.8, 4) is 0 Å². The molecule has 0 aromatic rings. The van der Waals surface area contributed by atoms with E-state index in [4.69, 9.17) is 10.8 Å². The Labute approximate surface area is 111 Å². The van der Waals surface area contributed by atoms with Gasteiger partial charge in [0.25, 0.3) is 0 Å². The highest BCUT2D eigenvalue weighted by atomic mass is 16.2. The number of rotatable bonds is 11. The molecule has 1 unspecified atom stereocenters. The van der Waals surface area contributed by atoms with Gasteiger partial charge in [0.15, 0.2) is 0 Å². The fourth-order valence-electron chi connectivity index (χ4n) is 2.07. The summed E-state index contributed by atoms with van der Waals surface area (Å²) in [6.07, 6.45) is 5.27. The van der Waals surface area contributed by atoms with Crippen molar-refractivity contribution in [2.24, 2.45) is 17.6 Å². The van der Waals surface area contributed by atoms with Crippen LogP contribution in [-0.4, -0.2) is 30.7 Å². The predicted octanol–water partition coefficient (Wildman–Crippen LogP) is 1.67. The lowest BCUT2D eigenvalue weighted by molar-refractivity contribution is -0.121. The SMILES string of the molecule is CC(C)C(CCN)CCC(=O)NCCCCCO. The number of carbonyl (C=O) groups is 1. The Morgan fingerprint density at radius 3 is 2.50 bits per heavy atom. The van der Waals surface area contributed by atoms with Crippen molar-refractivity contribution >= 4 is 5.91 Å². The molecule has 0 saturated heterocycles. The summed E-state index contributed by atoms with van der Waals surface area (Å²) in [6, 6.07) is 0. The molecule has 0 aliphatic heterocycles. The van der Waals surface area contributed by atoms with Crippen LogP contribution in [0.25, 0.3) is 0 Å². The molecular formula is C14H30N2O2. The second kappa shape index (κ2) is 11.5. The molecule has 4 N–H and O–H groups in total. The van der Waals surface area contributed by atoms with Gasteiger partial charge in [0.2, 0.25) is 5.91 Å². The third-order valence-corrected chi connectivity index (χ3v) is 3.38. The van der Waals surface area contributed by atoms with Gasteiger partial charge in [0, 0.05) is 19.6 Å². The first kappa shape index (κ1) is 17.4. The number of nitrogens with two attached hydrogens (primary N) is 1. The molecule has 0 heterocycles. The highest BCUT2D eigenvalue weighted by Crippen LogP contribution is 2.20. The van der Waals surface area contributed by atoms with E-state index in [-0.39, 0.29) is 12.5 Å². The Hall–Kier alpha value is -0.610. The lowest BCUT2D eigenvalue weighted by atomic mass is 9.88. The fraction of sp³-hybridized carbons (Fsp3) is 0.929. The van der Waals surface area contributed by atoms with Gasteiger partial charge in [-0.25, -0.2) is 0 Å². The maximum absolute atomic E-state index is 11.6. The third kappa shape index (κ3) is 9.42. The van der Waals surface area contributed by atoms with Crippen molar-refractivity contribution < 1.29 is 9.90 Å². The molecule has 4 heteroatoms. The van der Waals surface area contributed by atoms with E-state index in [1.54, 1.807) is 0 Å². The molecule has 0 spiro atoms. The summed E-state index contributed by atoms with van der Waals surface area (Å²) in [5, 5.41) is 11.6. The van der Waals surface area contributed by atoms with Crippen LogP contribution in [0, 0.1) is 11.8 Å². The summed E-state index contributed by atoms with van der Waals surface area (Å²) in [4.78, 5) is 11.6. The number of hydrogen-bond donors (Lipinski definition) is 3. The summed E-state index contributed by atoms with van der Waals surface area (Å²) in [7, 11) is 0. The Morgan fingerprint density at radius 2 is 1.94 bits per heavy atom. The minimum atomic E-state index is 0.140. The van der Waals surface area contributed by atoms with Crippen LogP contribution < -0.4 is 11.1 Å². The Balaban J connectivity index is 3.61. The normalized spacial score (nSPS) is 12.7. The quantitative estimate of drug-likeness (QED) is 0.493. The molecule has 18 heavy (non-hydrogen) atoms. The maximum atomic E-state index is 11.6. The average molecular weight is 258 g/mol. The van der Waals surface area contributed by atoms with Gasteiger partial charge in [-0.2, -0.15) is 0 Å². The molecule has 0 radical (unpaired) electrons. The van der Waals surface area contributed by atoms with Gasteiger partial charge >= 0.3 is 0 Å². The number of aliphatic hydroxyl groups is 1. The molecule has 1 atom stereocenters. The molecule has 0 bridgehead atoms. The van der Waals surface area contributed by atoms with Crippen molar-refractivity contribution in [1.29, 1.82) is 0 Å². The first-order valence-electron chi connectivity index (χ1n) is 7.19.